The van der Waals surface area contributed by atoms with Crippen LogP contribution in [0.15, 0.2) is 70.2 Å². The molecule has 0 bridgehead atoms. The lowest BCUT2D eigenvalue weighted by Gasteiger charge is -2.11. The maximum absolute atomic E-state index is 12.6. The summed E-state index contributed by atoms with van der Waals surface area (Å²) in [6.07, 6.45) is 3.53. The summed E-state index contributed by atoms with van der Waals surface area (Å²) in [7, 11) is 0. The predicted molar refractivity (Wildman–Crippen MR) is 107 cm³/mol. The largest absolute Gasteiger partial charge is 0.463 e. The Morgan fingerprint density at radius 3 is 2.75 bits per heavy atom. The van der Waals surface area contributed by atoms with E-state index in [-0.39, 0.29) is 18.0 Å². The van der Waals surface area contributed by atoms with Crippen LogP contribution in [0.3, 0.4) is 0 Å². The Hall–Kier alpha value is -3.61. The van der Waals surface area contributed by atoms with Crippen molar-refractivity contribution in [2.75, 3.05) is 5.32 Å². The number of amides is 1. The fraction of sp³-hybridized carbons (Fsp3) is 0.190. The van der Waals surface area contributed by atoms with Crippen molar-refractivity contribution in [3.8, 4) is 11.5 Å². The van der Waals surface area contributed by atoms with Gasteiger partial charge in [-0.3, -0.25) is 9.59 Å². The van der Waals surface area contributed by atoms with Crippen LogP contribution in [0.5, 0.6) is 0 Å². The summed E-state index contributed by atoms with van der Waals surface area (Å²) in [6.45, 7) is 4.03. The highest BCUT2D eigenvalue weighted by molar-refractivity contribution is 6.01. The third-order valence-electron chi connectivity index (χ3n) is 4.53. The van der Waals surface area contributed by atoms with Crippen LogP contribution in [-0.4, -0.2) is 20.3 Å². The lowest BCUT2D eigenvalue weighted by atomic mass is 10.2. The van der Waals surface area contributed by atoms with Gasteiger partial charge >= 0.3 is 0 Å². The predicted octanol–water partition coefficient (Wildman–Crippen LogP) is 3.68. The van der Waals surface area contributed by atoms with Gasteiger partial charge in [-0.25, -0.2) is 4.68 Å². The molecule has 4 aromatic rings. The molecule has 0 fully saturated rings. The van der Waals surface area contributed by atoms with Gasteiger partial charge in [0.25, 0.3) is 5.56 Å². The second-order valence-corrected chi connectivity index (χ2v) is 6.80. The van der Waals surface area contributed by atoms with Crippen molar-refractivity contribution in [1.82, 2.24) is 14.3 Å². The SMILES string of the molecule is CC(C)n1ccc2c(NC(=O)Cn3nc(-c4ccco4)ccc3=O)cccc21. The number of carbonyl (C=O) groups excluding carboxylic acids is 1. The molecule has 0 unspecified atom stereocenters. The van der Waals surface area contributed by atoms with E-state index in [4.69, 9.17) is 4.42 Å². The van der Waals surface area contributed by atoms with Crippen molar-refractivity contribution in [3.63, 3.8) is 0 Å². The van der Waals surface area contributed by atoms with E-state index < -0.39 is 0 Å². The molecule has 1 N–H and O–H groups in total. The van der Waals surface area contributed by atoms with E-state index in [2.05, 4.69) is 28.8 Å². The minimum absolute atomic E-state index is 0.186. The maximum Gasteiger partial charge on any atom is 0.267 e. The number of furan rings is 1. The van der Waals surface area contributed by atoms with E-state index in [1.165, 1.54) is 12.3 Å². The van der Waals surface area contributed by atoms with E-state index in [9.17, 15) is 9.59 Å². The summed E-state index contributed by atoms with van der Waals surface area (Å²) >= 11 is 0. The zero-order valence-electron chi connectivity index (χ0n) is 15.6. The van der Waals surface area contributed by atoms with Gasteiger partial charge in [0.15, 0.2) is 5.76 Å². The van der Waals surface area contributed by atoms with Crippen LogP contribution < -0.4 is 10.9 Å². The Bertz CT molecular complexity index is 1190. The van der Waals surface area contributed by atoms with Gasteiger partial charge in [-0.2, -0.15) is 5.10 Å². The third kappa shape index (κ3) is 3.34. The number of rotatable bonds is 5. The van der Waals surface area contributed by atoms with Crippen molar-refractivity contribution < 1.29 is 9.21 Å². The summed E-state index contributed by atoms with van der Waals surface area (Å²) in [4.78, 5) is 24.7. The molecule has 0 aliphatic heterocycles. The Balaban J connectivity index is 1.58. The highest BCUT2D eigenvalue weighted by atomic mass is 16.3. The first-order valence-electron chi connectivity index (χ1n) is 9.04. The molecule has 0 atom stereocenters. The van der Waals surface area contributed by atoms with E-state index in [0.29, 0.717) is 23.2 Å². The van der Waals surface area contributed by atoms with Crippen molar-refractivity contribution in [2.45, 2.75) is 26.4 Å². The first kappa shape index (κ1) is 17.8. The van der Waals surface area contributed by atoms with Gasteiger partial charge in [-0.05, 0) is 50.2 Å². The van der Waals surface area contributed by atoms with Gasteiger partial charge < -0.3 is 14.3 Å². The molecule has 28 heavy (non-hydrogen) atoms. The highest BCUT2D eigenvalue weighted by Crippen LogP contribution is 2.26. The Kier molecular flexibility index (Phi) is 4.57. The number of nitrogens with one attached hydrogen (secondary N) is 1. The van der Waals surface area contributed by atoms with Crippen molar-refractivity contribution in [2.24, 2.45) is 0 Å². The molecule has 3 aromatic heterocycles. The van der Waals surface area contributed by atoms with Gasteiger partial charge in [-0.15, -0.1) is 0 Å². The number of hydrogen-bond acceptors (Lipinski definition) is 4. The van der Waals surface area contributed by atoms with E-state index in [1.54, 1.807) is 18.2 Å². The van der Waals surface area contributed by atoms with Crippen LogP contribution in [0.25, 0.3) is 22.4 Å². The van der Waals surface area contributed by atoms with Gasteiger partial charge in [-0.1, -0.05) is 6.07 Å². The third-order valence-corrected chi connectivity index (χ3v) is 4.53. The van der Waals surface area contributed by atoms with Gasteiger partial charge in [0.2, 0.25) is 5.91 Å². The van der Waals surface area contributed by atoms with Gasteiger partial charge in [0.05, 0.1) is 17.5 Å². The average Bonchev–Trinajstić information content (AvgIpc) is 3.33. The monoisotopic (exact) mass is 376 g/mol. The lowest BCUT2D eigenvalue weighted by molar-refractivity contribution is -0.117. The average molecular weight is 376 g/mol. The normalized spacial score (nSPS) is 11.2. The molecule has 4 rings (SSSR count). The van der Waals surface area contributed by atoms with Crippen LogP contribution in [0, 0.1) is 0 Å². The highest BCUT2D eigenvalue weighted by Gasteiger charge is 2.12. The lowest BCUT2D eigenvalue weighted by Crippen LogP contribution is -2.29. The van der Waals surface area contributed by atoms with E-state index in [1.807, 2.05) is 30.5 Å². The summed E-state index contributed by atoms with van der Waals surface area (Å²) in [5.74, 6) is 0.213. The Labute approximate surface area is 161 Å². The molecule has 1 aromatic carbocycles. The van der Waals surface area contributed by atoms with E-state index >= 15 is 0 Å². The standard InChI is InChI=1S/C21H20N4O3/c1-14(2)24-11-10-15-16(5-3-6-18(15)24)22-20(26)13-25-21(27)9-8-17(23-25)19-7-4-12-28-19/h3-12,14H,13H2,1-2H3,(H,22,26). The van der Waals surface area contributed by atoms with E-state index in [0.717, 1.165) is 15.6 Å². The Morgan fingerprint density at radius 1 is 1.14 bits per heavy atom. The number of fused-ring (bicyclic) bond motifs is 1. The Morgan fingerprint density at radius 2 is 2.00 bits per heavy atom. The van der Waals surface area contributed by atoms with Crippen molar-refractivity contribution in [1.29, 1.82) is 0 Å². The van der Waals surface area contributed by atoms with Crippen molar-refractivity contribution >= 4 is 22.5 Å². The maximum atomic E-state index is 12.6. The fourth-order valence-electron chi connectivity index (χ4n) is 3.19. The second-order valence-electron chi connectivity index (χ2n) is 6.80. The fourth-order valence-corrected chi connectivity index (χ4v) is 3.19. The minimum Gasteiger partial charge on any atom is -0.463 e. The zero-order valence-corrected chi connectivity index (χ0v) is 15.6. The van der Waals surface area contributed by atoms with Crippen LogP contribution >= 0.6 is 0 Å². The molecule has 0 saturated carbocycles. The molecule has 0 radical (unpaired) electrons. The van der Waals surface area contributed by atoms with Crippen LogP contribution in [0.2, 0.25) is 0 Å². The molecule has 0 aliphatic rings. The topological polar surface area (TPSA) is 82.1 Å². The molecule has 0 saturated heterocycles. The molecule has 1 amide bonds. The number of nitrogens with zero attached hydrogens (tertiary/aromatic N) is 3. The first-order chi connectivity index (χ1) is 13.5. The quantitative estimate of drug-likeness (QED) is 0.576. The number of anilines is 1. The van der Waals surface area contributed by atoms with Crippen LogP contribution in [-0.2, 0) is 11.3 Å². The first-order valence-corrected chi connectivity index (χ1v) is 9.04. The molecule has 3 heterocycles. The molecule has 7 nitrogen and oxygen atoms in total. The van der Waals surface area contributed by atoms with Gasteiger partial charge in [0, 0.05) is 23.7 Å². The number of hydrogen-bond donors (Lipinski definition) is 1. The summed E-state index contributed by atoms with van der Waals surface area (Å²) < 4.78 is 8.58. The summed E-state index contributed by atoms with van der Waals surface area (Å²) in [5.41, 5.74) is 1.89. The molecule has 142 valence electrons. The zero-order chi connectivity index (χ0) is 19.7. The number of benzene rings is 1. The molecule has 0 spiro atoms. The van der Waals surface area contributed by atoms with Crippen molar-refractivity contribution in [3.05, 3.63) is 71.3 Å². The number of carbonyl (C=O) groups is 1. The molecule has 0 aliphatic carbocycles. The summed E-state index contributed by atoms with van der Waals surface area (Å²) in [5, 5.41) is 8.08. The smallest absolute Gasteiger partial charge is 0.267 e. The van der Waals surface area contributed by atoms with Crippen LogP contribution in [0.4, 0.5) is 5.69 Å². The summed E-state index contributed by atoms with van der Waals surface area (Å²) in [6, 6.07) is 14.5. The van der Waals surface area contributed by atoms with Crippen LogP contribution in [0.1, 0.15) is 19.9 Å². The minimum atomic E-state index is -0.352. The van der Waals surface area contributed by atoms with Gasteiger partial charge in [0.1, 0.15) is 12.2 Å². The number of aromatic nitrogens is 3. The second kappa shape index (κ2) is 7.19. The molecular formula is C21H20N4O3. The molecule has 7 heteroatoms. The molecular weight excluding hydrogens is 356 g/mol.